The van der Waals surface area contributed by atoms with Crippen molar-refractivity contribution < 1.29 is 0 Å². The van der Waals surface area contributed by atoms with E-state index in [1.165, 1.54) is 19.3 Å². The zero-order valence-electron chi connectivity index (χ0n) is 11.5. The van der Waals surface area contributed by atoms with Gasteiger partial charge in [-0.25, -0.2) is 0 Å². The van der Waals surface area contributed by atoms with Crippen LogP contribution in [0.2, 0.25) is 5.02 Å². The van der Waals surface area contributed by atoms with Crippen LogP contribution in [0.25, 0.3) is 0 Å². The first kappa shape index (κ1) is 13.2. The molecule has 0 aliphatic carbocycles. The summed E-state index contributed by atoms with van der Waals surface area (Å²) in [7, 11) is 2.28. The molecule has 19 heavy (non-hydrogen) atoms. The fourth-order valence-corrected chi connectivity index (χ4v) is 3.67. The highest BCUT2D eigenvalue weighted by Crippen LogP contribution is 2.29. The maximum Gasteiger partial charge on any atom is 0.0410 e. The fraction of sp³-hybridized carbons (Fsp3) is 0.600. The van der Waals surface area contributed by atoms with Gasteiger partial charge in [0.2, 0.25) is 0 Å². The lowest BCUT2D eigenvalue weighted by Gasteiger charge is -2.26. The Morgan fingerprint density at radius 1 is 1.26 bits per heavy atom. The van der Waals surface area contributed by atoms with Crippen LogP contribution in [0.3, 0.4) is 0 Å². The molecule has 2 fully saturated rings. The Morgan fingerprint density at radius 3 is 2.89 bits per heavy atom. The Labute approximate surface area is 120 Å². The molecule has 2 aliphatic heterocycles. The van der Waals surface area contributed by atoms with Crippen LogP contribution >= 0.6 is 11.6 Å². The van der Waals surface area contributed by atoms with E-state index >= 15 is 0 Å². The number of fused-ring (bicyclic) bond motifs is 2. The molecule has 0 saturated carbocycles. The summed E-state index contributed by atoms with van der Waals surface area (Å²) in [6.07, 6.45) is 3.98. The average molecular weight is 280 g/mol. The Balaban J connectivity index is 1.72. The SMILES string of the molecule is CN1C2CCC1CN(Cc1cc(Cl)ccc1N)CC2. The first-order valence-corrected chi connectivity index (χ1v) is 7.49. The van der Waals surface area contributed by atoms with Gasteiger partial charge in [0.15, 0.2) is 0 Å². The summed E-state index contributed by atoms with van der Waals surface area (Å²) >= 11 is 6.07. The lowest BCUT2D eigenvalue weighted by molar-refractivity contribution is 0.215. The number of likely N-dealkylation sites (tertiary alicyclic amines) is 1. The molecule has 2 aliphatic rings. The molecule has 1 aromatic carbocycles. The number of hydrogen-bond acceptors (Lipinski definition) is 3. The van der Waals surface area contributed by atoms with Crippen molar-refractivity contribution in [3.05, 3.63) is 28.8 Å². The average Bonchev–Trinajstić information content (AvgIpc) is 2.62. The molecule has 2 saturated heterocycles. The summed E-state index contributed by atoms with van der Waals surface area (Å²) in [5.41, 5.74) is 8.07. The molecule has 2 bridgehead atoms. The molecule has 0 spiro atoms. The maximum absolute atomic E-state index is 6.07. The summed E-state index contributed by atoms with van der Waals surface area (Å²) in [5, 5.41) is 0.776. The molecule has 2 unspecified atom stereocenters. The number of hydrogen-bond donors (Lipinski definition) is 1. The maximum atomic E-state index is 6.07. The van der Waals surface area contributed by atoms with Crippen LogP contribution in [0.15, 0.2) is 18.2 Å². The van der Waals surface area contributed by atoms with Crippen molar-refractivity contribution in [2.24, 2.45) is 0 Å². The largest absolute Gasteiger partial charge is 0.398 e. The first-order chi connectivity index (χ1) is 9.13. The molecule has 104 valence electrons. The zero-order valence-corrected chi connectivity index (χ0v) is 12.2. The normalized spacial score (nSPS) is 28.5. The van der Waals surface area contributed by atoms with Crippen molar-refractivity contribution in [1.29, 1.82) is 0 Å². The van der Waals surface area contributed by atoms with E-state index in [1.54, 1.807) is 0 Å². The van der Waals surface area contributed by atoms with Gasteiger partial charge < -0.3 is 5.73 Å². The Hall–Kier alpha value is -0.770. The summed E-state index contributed by atoms with van der Waals surface area (Å²) in [6.45, 7) is 3.24. The third-order valence-electron chi connectivity index (χ3n) is 4.73. The summed E-state index contributed by atoms with van der Waals surface area (Å²) in [6, 6.07) is 7.27. The molecule has 2 N–H and O–H groups in total. The van der Waals surface area contributed by atoms with E-state index in [2.05, 4.69) is 16.8 Å². The number of halogens is 1. The molecular weight excluding hydrogens is 258 g/mol. The van der Waals surface area contributed by atoms with Gasteiger partial charge in [0.1, 0.15) is 0 Å². The van der Waals surface area contributed by atoms with Crippen molar-refractivity contribution in [2.45, 2.75) is 37.9 Å². The van der Waals surface area contributed by atoms with Crippen LogP contribution in [0, 0.1) is 0 Å². The third kappa shape index (κ3) is 2.73. The van der Waals surface area contributed by atoms with Gasteiger partial charge in [0, 0.05) is 42.4 Å². The zero-order chi connectivity index (χ0) is 13.4. The first-order valence-electron chi connectivity index (χ1n) is 7.11. The highest BCUT2D eigenvalue weighted by Gasteiger charge is 2.34. The Morgan fingerprint density at radius 2 is 2.05 bits per heavy atom. The Bertz CT molecular complexity index is 463. The van der Waals surface area contributed by atoms with Gasteiger partial charge in [-0.15, -0.1) is 0 Å². The summed E-state index contributed by atoms with van der Waals surface area (Å²) in [5.74, 6) is 0. The van der Waals surface area contributed by atoms with E-state index in [0.29, 0.717) is 6.04 Å². The second-order valence-electron chi connectivity index (χ2n) is 5.92. The lowest BCUT2D eigenvalue weighted by Crippen LogP contribution is -2.36. The van der Waals surface area contributed by atoms with Gasteiger partial charge in [0.05, 0.1) is 0 Å². The van der Waals surface area contributed by atoms with Gasteiger partial charge in [-0.3, -0.25) is 9.80 Å². The van der Waals surface area contributed by atoms with Gasteiger partial charge in [0.25, 0.3) is 0 Å². The second kappa shape index (κ2) is 5.31. The van der Waals surface area contributed by atoms with Crippen LogP contribution < -0.4 is 5.73 Å². The van der Waals surface area contributed by atoms with Crippen LogP contribution in [0.1, 0.15) is 24.8 Å². The molecule has 2 atom stereocenters. The van der Waals surface area contributed by atoms with Gasteiger partial charge in [-0.1, -0.05) is 11.6 Å². The number of likely N-dealkylation sites (N-methyl/N-ethyl adjacent to an activating group) is 1. The minimum absolute atomic E-state index is 0.716. The minimum atomic E-state index is 0.716. The lowest BCUT2D eigenvalue weighted by atomic mass is 10.1. The van der Waals surface area contributed by atoms with Crippen molar-refractivity contribution >= 4 is 17.3 Å². The molecule has 2 heterocycles. The minimum Gasteiger partial charge on any atom is -0.398 e. The van der Waals surface area contributed by atoms with E-state index in [4.69, 9.17) is 17.3 Å². The molecule has 0 amide bonds. The van der Waals surface area contributed by atoms with Crippen LogP contribution in [-0.4, -0.2) is 42.0 Å². The molecule has 0 radical (unpaired) electrons. The predicted molar refractivity (Wildman–Crippen MR) is 80.3 cm³/mol. The van der Waals surface area contributed by atoms with E-state index in [9.17, 15) is 0 Å². The summed E-state index contributed by atoms with van der Waals surface area (Å²) < 4.78 is 0. The number of nitrogens with zero attached hydrogens (tertiary/aromatic N) is 2. The van der Waals surface area contributed by atoms with Crippen LogP contribution in [0.5, 0.6) is 0 Å². The standard InChI is InChI=1S/C15H22ClN3/c1-18-13-3-4-14(18)10-19(7-6-13)9-11-8-12(16)2-5-15(11)17/h2,5,8,13-14H,3-4,6-7,9-10,17H2,1H3. The molecular formula is C15H22ClN3. The number of nitrogens with two attached hydrogens (primary N) is 1. The van der Waals surface area contributed by atoms with Crippen LogP contribution in [-0.2, 0) is 6.54 Å². The van der Waals surface area contributed by atoms with Crippen molar-refractivity contribution in [3.8, 4) is 0 Å². The molecule has 4 heteroatoms. The van der Waals surface area contributed by atoms with E-state index in [1.807, 2.05) is 18.2 Å². The van der Waals surface area contributed by atoms with Crippen LogP contribution in [0.4, 0.5) is 5.69 Å². The van der Waals surface area contributed by atoms with Crippen molar-refractivity contribution in [1.82, 2.24) is 9.80 Å². The highest BCUT2D eigenvalue weighted by molar-refractivity contribution is 6.30. The molecule has 0 aromatic heterocycles. The van der Waals surface area contributed by atoms with Crippen molar-refractivity contribution in [3.63, 3.8) is 0 Å². The monoisotopic (exact) mass is 279 g/mol. The van der Waals surface area contributed by atoms with E-state index < -0.39 is 0 Å². The van der Waals surface area contributed by atoms with E-state index in [0.717, 1.165) is 41.9 Å². The number of nitrogen functional groups attached to an aromatic ring is 1. The topological polar surface area (TPSA) is 32.5 Å². The van der Waals surface area contributed by atoms with Gasteiger partial charge in [-0.05, 0) is 50.1 Å². The Kier molecular flexibility index (Phi) is 3.70. The summed E-state index contributed by atoms with van der Waals surface area (Å²) in [4.78, 5) is 5.10. The quantitative estimate of drug-likeness (QED) is 0.845. The number of anilines is 1. The van der Waals surface area contributed by atoms with Gasteiger partial charge in [-0.2, -0.15) is 0 Å². The number of rotatable bonds is 2. The molecule has 3 rings (SSSR count). The highest BCUT2D eigenvalue weighted by atomic mass is 35.5. The smallest absolute Gasteiger partial charge is 0.0410 e. The van der Waals surface area contributed by atoms with Gasteiger partial charge >= 0.3 is 0 Å². The number of benzene rings is 1. The molecule has 3 nitrogen and oxygen atoms in total. The second-order valence-corrected chi connectivity index (χ2v) is 6.35. The molecule has 1 aromatic rings. The predicted octanol–water partition coefficient (Wildman–Crippen LogP) is 2.59. The fourth-order valence-electron chi connectivity index (χ4n) is 3.47. The van der Waals surface area contributed by atoms with E-state index in [-0.39, 0.29) is 0 Å². The third-order valence-corrected chi connectivity index (χ3v) is 4.97. The van der Waals surface area contributed by atoms with Crippen molar-refractivity contribution in [2.75, 3.05) is 25.9 Å².